The Bertz CT molecular complexity index is 1240. The SMILES string of the molecule is Cc1occc(=O)c1O[C@@H]1O[C@H](CO[C@@H]2OC[C@](O)(COC(=O)C=Cc3ccc(O)cc3)[C@H]2O)[C@@H](O)[C@H](O)[C@H]1O. The lowest BCUT2D eigenvalue weighted by molar-refractivity contribution is -0.289. The number of ether oxygens (including phenoxy) is 5. The number of phenols is 1. The molecule has 0 unspecified atom stereocenters. The van der Waals surface area contributed by atoms with E-state index in [0.717, 1.165) is 18.4 Å². The molecule has 2 aliphatic heterocycles. The van der Waals surface area contributed by atoms with Gasteiger partial charge in [-0.1, -0.05) is 12.1 Å². The van der Waals surface area contributed by atoms with Gasteiger partial charge in [-0.2, -0.15) is 0 Å². The van der Waals surface area contributed by atoms with Gasteiger partial charge in [0.15, 0.2) is 11.9 Å². The second-order valence-electron chi connectivity index (χ2n) is 9.40. The Morgan fingerprint density at radius 1 is 1.07 bits per heavy atom. The lowest BCUT2D eigenvalue weighted by Crippen LogP contribution is -2.60. The van der Waals surface area contributed by atoms with E-state index >= 15 is 0 Å². The maximum Gasteiger partial charge on any atom is 0.330 e. The van der Waals surface area contributed by atoms with E-state index in [-0.39, 0.29) is 17.3 Å². The highest BCUT2D eigenvalue weighted by Crippen LogP contribution is 2.29. The topological polar surface area (TPSA) is 215 Å². The van der Waals surface area contributed by atoms with Crippen molar-refractivity contribution in [2.24, 2.45) is 0 Å². The lowest BCUT2D eigenvalue weighted by atomic mass is 9.99. The molecular weight excluding hydrogens is 536 g/mol. The summed E-state index contributed by atoms with van der Waals surface area (Å²) in [6.07, 6.45) is -7.45. The minimum Gasteiger partial charge on any atom is -0.508 e. The van der Waals surface area contributed by atoms with Gasteiger partial charge in [-0.05, 0) is 30.7 Å². The maximum absolute atomic E-state index is 12.1. The van der Waals surface area contributed by atoms with Gasteiger partial charge in [0.2, 0.25) is 17.5 Å². The summed E-state index contributed by atoms with van der Waals surface area (Å²) in [5.74, 6) is -0.910. The van der Waals surface area contributed by atoms with Crippen molar-refractivity contribution in [3.63, 3.8) is 0 Å². The summed E-state index contributed by atoms with van der Waals surface area (Å²) in [5, 5.41) is 61.5. The van der Waals surface area contributed by atoms with Crippen LogP contribution in [-0.2, 0) is 23.7 Å². The number of aryl methyl sites for hydroxylation is 1. The zero-order chi connectivity index (χ0) is 29.0. The van der Waals surface area contributed by atoms with Crippen LogP contribution >= 0.6 is 0 Å². The first kappa shape index (κ1) is 29.6. The number of carbonyl (C=O) groups excluding carboxylic acids is 1. The molecule has 2 fully saturated rings. The van der Waals surface area contributed by atoms with Crippen LogP contribution in [0.3, 0.4) is 0 Å². The Labute approximate surface area is 227 Å². The Morgan fingerprint density at radius 3 is 2.50 bits per heavy atom. The van der Waals surface area contributed by atoms with E-state index in [1.807, 2.05) is 0 Å². The third kappa shape index (κ3) is 6.68. The van der Waals surface area contributed by atoms with E-state index in [0.29, 0.717) is 5.56 Å². The molecule has 0 aliphatic carbocycles. The predicted molar refractivity (Wildman–Crippen MR) is 132 cm³/mol. The second-order valence-corrected chi connectivity index (χ2v) is 9.40. The minimum atomic E-state index is -2.01. The number of aromatic hydroxyl groups is 1. The van der Waals surface area contributed by atoms with Gasteiger partial charge in [0.05, 0.1) is 19.5 Å². The van der Waals surface area contributed by atoms with Crippen molar-refractivity contribution in [3.8, 4) is 11.5 Å². The van der Waals surface area contributed by atoms with Gasteiger partial charge in [0.25, 0.3) is 0 Å². The fourth-order valence-electron chi connectivity index (χ4n) is 4.02. The summed E-state index contributed by atoms with van der Waals surface area (Å²) in [4.78, 5) is 24.1. The average Bonchev–Trinajstić information content (AvgIpc) is 3.22. The van der Waals surface area contributed by atoms with E-state index in [1.165, 1.54) is 25.1 Å². The first-order valence-electron chi connectivity index (χ1n) is 12.2. The van der Waals surface area contributed by atoms with E-state index in [9.17, 15) is 40.2 Å². The van der Waals surface area contributed by atoms with Crippen LogP contribution in [0.4, 0.5) is 0 Å². The third-order valence-electron chi connectivity index (χ3n) is 6.41. The molecular formula is C26H30O14. The summed E-state index contributed by atoms with van der Waals surface area (Å²) in [6, 6.07) is 7.12. The van der Waals surface area contributed by atoms with Crippen LogP contribution < -0.4 is 10.2 Å². The van der Waals surface area contributed by atoms with Gasteiger partial charge in [0.1, 0.15) is 48.6 Å². The quantitative estimate of drug-likeness (QED) is 0.152. The largest absolute Gasteiger partial charge is 0.508 e. The van der Waals surface area contributed by atoms with Crippen LogP contribution in [0.1, 0.15) is 11.3 Å². The van der Waals surface area contributed by atoms with Crippen molar-refractivity contribution in [3.05, 3.63) is 64.2 Å². The molecule has 0 amide bonds. The molecule has 0 radical (unpaired) electrons. The van der Waals surface area contributed by atoms with Gasteiger partial charge < -0.3 is 58.7 Å². The molecule has 0 spiro atoms. The highest BCUT2D eigenvalue weighted by molar-refractivity contribution is 5.87. The molecule has 0 bridgehead atoms. The summed E-state index contributed by atoms with van der Waals surface area (Å²) < 4.78 is 31.8. The summed E-state index contributed by atoms with van der Waals surface area (Å²) >= 11 is 0. The number of benzene rings is 1. The van der Waals surface area contributed by atoms with Gasteiger partial charge in [-0.25, -0.2) is 4.79 Å². The molecule has 1 aromatic heterocycles. The zero-order valence-corrected chi connectivity index (χ0v) is 21.2. The second kappa shape index (κ2) is 12.4. The van der Waals surface area contributed by atoms with Gasteiger partial charge in [-0.3, -0.25) is 4.79 Å². The number of aliphatic hydroxyl groups excluding tert-OH is 4. The molecule has 2 aliphatic rings. The van der Waals surface area contributed by atoms with E-state index in [1.54, 1.807) is 12.1 Å². The molecule has 2 aromatic rings. The van der Waals surface area contributed by atoms with Gasteiger partial charge in [0, 0.05) is 12.1 Å². The van der Waals surface area contributed by atoms with Crippen LogP contribution in [-0.4, -0.2) is 105 Å². The molecule has 0 saturated carbocycles. The highest BCUT2D eigenvalue weighted by Gasteiger charge is 2.51. The molecule has 218 valence electrons. The van der Waals surface area contributed by atoms with Crippen molar-refractivity contribution in [2.45, 2.75) is 55.6 Å². The van der Waals surface area contributed by atoms with Crippen molar-refractivity contribution in [1.29, 1.82) is 0 Å². The first-order chi connectivity index (χ1) is 19.0. The lowest BCUT2D eigenvalue weighted by Gasteiger charge is -2.40. The number of hydrogen-bond donors (Lipinski definition) is 6. The third-order valence-corrected chi connectivity index (χ3v) is 6.41. The van der Waals surface area contributed by atoms with Gasteiger partial charge >= 0.3 is 5.97 Å². The van der Waals surface area contributed by atoms with E-state index in [2.05, 4.69) is 0 Å². The fraction of sp³-hybridized carbons (Fsp3) is 0.462. The summed E-state index contributed by atoms with van der Waals surface area (Å²) in [7, 11) is 0. The maximum atomic E-state index is 12.1. The number of hydrogen-bond acceptors (Lipinski definition) is 14. The van der Waals surface area contributed by atoms with E-state index < -0.39 is 79.9 Å². The molecule has 1 aromatic carbocycles. The Hall–Kier alpha value is -3.34. The van der Waals surface area contributed by atoms with Crippen molar-refractivity contribution >= 4 is 12.0 Å². The molecule has 14 nitrogen and oxygen atoms in total. The van der Waals surface area contributed by atoms with Gasteiger partial charge in [-0.15, -0.1) is 0 Å². The van der Waals surface area contributed by atoms with Crippen LogP contribution in [0, 0.1) is 6.92 Å². The Balaban J connectivity index is 1.31. The summed E-state index contributed by atoms with van der Waals surface area (Å²) in [5.41, 5.74) is -1.96. The van der Waals surface area contributed by atoms with Crippen LogP contribution in [0.2, 0.25) is 0 Å². The predicted octanol–water partition coefficient (Wildman–Crippen LogP) is -1.44. The highest BCUT2D eigenvalue weighted by atomic mass is 16.7. The molecule has 4 rings (SSSR count). The zero-order valence-electron chi connectivity index (χ0n) is 21.2. The summed E-state index contributed by atoms with van der Waals surface area (Å²) in [6.45, 7) is -0.144. The molecule has 2 saturated heterocycles. The number of esters is 1. The van der Waals surface area contributed by atoms with Crippen LogP contribution in [0.25, 0.3) is 6.08 Å². The Morgan fingerprint density at radius 2 is 1.80 bits per heavy atom. The average molecular weight is 567 g/mol. The Kier molecular flexibility index (Phi) is 9.22. The molecule has 3 heterocycles. The molecule has 8 atom stereocenters. The van der Waals surface area contributed by atoms with Crippen molar-refractivity contribution in [2.75, 3.05) is 19.8 Å². The molecule has 40 heavy (non-hydrogen) atoms. The minimum absolute atomic E-state index is 0.0665. The fourth-order valence-corrected chi connectivity index (χ4v) is 4.02. The van der Waals surface area contributed by atoms with Crippen LogP contribution in [0.5, 0.6) is 11.5 Å². The molecule has 6 N–H and O–H groups in total. The smallest absolute Gasteiger partial charge is 0.330 e. The number of phenolic OH excluding ortho intramolecular Hbond substituents is 1. The van der Waals surface area contributed by atoms with Crippen LogP contribution in [0.15, 0.2) is 51.9 Å². The van der Waals surface area contributed by atoms with Crippen molar-refractivity contribution < 1.29 is 63.5 Å². The number of carbonyl (C=O) groups is 1. The number of aliphatic hydroxyl groups is 5. The monoisotopic (exact) mass is 566 g/mol. The van der Waals surface area contributed by atoms with E-state index in [4.69, 9.17) is 28.1 Å². The number of rotatable bonds is 9. The molecule has 14 heteroatoms. The first-order valence-corrected chi connectivity index (χ1v) is 12.2. The van der Waals surface area contributed by atoms with Crippen molar-refractivity contribution in [1.82, 2.24) is 0 Å². The normalized spacial score (nSPS) is 32.3. The standard InChI is InChI=1S/C26H30O14/c1-13-22(16(28)8-9-35-13)40-24-21(32)20(31)19(30)17(39-24)10-36-25-23(33)26(34,12-38-25)11-37-18(29)7-4-14-2-5-15(27)6-3-14/h2-9,17,19-21,23-25,27,30-34H,10-12H2,1H3/t17-,19-,20+,21-,23+,24+,25-,26-/m1/s1.